The molecule has 0 aromatic heterocycles. The standard InChI is InChI=1S/C9H15F3N2O4S/c1-14(6-3-7(15)18-2)19(16,17)13-8(4-5-8)9(10,11)12/h13H,3-6H2,1-2H3. The Hall–Kier alpha value is -0.870. The van der Waals surface area contributed by atoms with E-state index in [0.29, 0.717) is 4.31 Å². The highest BCUT2D eigenvalue weighted by Crippen LogP contribution is 2.49. The van der Waals surface area contributed by atoms with Gasteiger partial charge in [0.05, 0.1) is 13.5 Å². The molecule has 1 saturated carbocycles. The van der Waals surface area contributed by atoms with Gasteiger partial charge in [-0.2, -0.15) is 30.6 Å². The average Bonchev–Trinajstić information content (AvgIpc) is 3.04. The number of halogens is 3. The summed E-state index contributed by atoms with van der Waals surface area (Å²) >= 11 is 0. The molecule has 0 aromatic carbocycles. The van der Waals surface area contributed by atoms with Crippen LogP contribution in [0.2, 0.25) is 0 Å². The first-order valence-electron chi connectivity index (χ1n) is 5.43. The SMILES string of the molecule is COC(=O)CCN(C)S(=O)(=O)NC1(C(F)(F)F)CC1. The second-order valence-corrected chi connectivity index (χ2v) is 6.11. The maximum absolute atomic E-state index is 12.6. The van der Waals surface area contributed by atoms with Gasteiger partial charge >= 0.3 is 12.1 Å². The van der Waals surface area contributed by atoms with Crippen molar-refractivity contribution in [1.29, 1.82) is 0 Å². The van der Waals surface area contributed by atoms with Crippen molar-refractivity contribution in [2.75, 3.05) is 20.7 Å². The largest absolute Gasteiger partial charge is 0.469 e. The Morgan fingerprint density at radius 3 is 2.32 bits per heavy atom. The fourth-order valence-electron chi connectivity index (χ4n) is 1.36. The van der Waals surface area contributed by atoms with E-state index in [1.54, 1.807) is 4.72 Å². The van der Waals surface area contributed by atoms with Gasteiger partial charge in [0, 0.05) is 13.6 Å². The predicted molar refractivity (Wildman–Crippen MR) is 59.3 cm³/mol. The van der Waals surface area contributed by atoms with Crippen LogP contribution < -0.4 is 4.72 Å². The van der Waals surface area contributed by atoms with Crippen molar-refractivity contribution < 1.29 is 31.1 Å². The Bertz CT molecular complexity index is 445. The molecular weight excluding hydrogens is 289 g/mol. The van der Waals surface area contributed by atoms with E-state index in [1.165, 1.54) is 0 Å². The number of ether oxygens (including phenoxy) is 1. The molecule has 19 heavy (non-hydrogen) atoms. The smallest absolute Gasteiger partial charge is 0.407 e. The van der Waals surface area contributed by atoms with E-state index in [-0.39, 0.29) is 25.8 Å². The highest BCUT2D eigenvalue weighted by molar-refractivity contribution is 7.87. The summed E-state index contributed by atoms with van der Waals surface area (Å²) in [6.07, 6.45) is -5.41. The number of rotatable bonds is 6. The molecular formula is C9H15F3N2O4S. The molecule has 0 saturated heterocycles. The summed E-state index contributed by atoms with van der Waals surface area (Å²) in [5.74, 6) is -0.640. The van der Waals surface area contributed by atoms with Gasteiger partial charge in [-0.15, -0.1) is 0 Å². The first-order valence-corrected chi connectivity index (χ1v) is 6.87. The van der Waals surface area contributed by atoms with Crippen molar-refractivity contribution in [2.24, 2.45) is 0 Å². The lowest BCUT2D eigenvalue weighted by atomic mass is 10.3. The first kappa shape index (κ1) is 16.2. The topological polar surface area (TPSA) is 75.7 Å². The van der Waals surface area contributed by atoms with Crippen molar-refractivity contribution in [3.05, 3.63) is 0 Å². The maximum Gasteiger partial charge on any atom is 0.407 e. The van der Waals surface area contributed by atoms with Crippen molar-refractivity contribution in [2.45, 2.75) is 31.0 Å². The van der Waals surface area contributed by atoms with Gasteiger partial charge in [0.1, 0.15) is 5.54 Å². The zero-order valence-electron chi connectivity index (χ0n) is 10.5. The van der Waals surface area contributed by atoms with Gasteiger partial charge in [-0.3, -0.25) is 4.79 Å². The van der Waals surface area contributed by atoms with Crippen LogP contribution in [-0.4, -0.2) is 51.1 Å². The average molecular weight is 304 g/mol. The van der Waals surface area contributed by atoms with Crippen LogP contribution >= 0.6 is 0 Å². The third-order valence-electron chi connectivity index (χ3n) is 2.89. The molecule has 6 nitrogen and oxygen atoms in total. The molecule has 1 aliphatic rings. The Kier molecular flexibility index (Phi) is 4.47. The van der Waals surface area contributed by atoms with E-state index in [1.807, 2.05) is 0 Å². The fourth-order valence-corrected chi connectivity index (χ4v) is 2.67. The Morgan fingerprint density at radius 2 is 1.95 bits per heavy atom. The zero-order valence-corrected chi connectivity index (χ0v) is 11.3. The van der Waals surface area contributed by atoms with Gasteiger partial charge in [0.15, 0.2) is 0 Å². The number of hydrogen-bond donors (Lipinski definition) is 1. The number of nitrogens with one attached hydrogen (secondary N) is 1. The summed E-state index contributed by atoms with van der Waals surface area (Å²) in [5.41, 5.74) is -2.36. The number of carbonyl (C=O) groups is 1. The van der Waals surface area contributed by atoms with Gasteiger partial charge in [-0.25, -0.2) is 0 Å². The monoisotopic (exact) mass is 304 g/mol. The minimum atomic E-state index is -4.62. The summed E-state index contributed by atoms with van der Waals surface area (Å²) in [4.78, 5) is 10.9. The summed E-state index contributed by atoms with van der Waals surface area (Å²) in [5, 5.41) is 0. The number of methoxy groups -OCH3 is 1. The van der Waals surface area contributed by atoms with Crippen molar-refractivity contribution >= 4 is 16.2 Å². The summed E-state index contributed by atoms with van der Waals surface area (Å²) < 4.78 is 67.9. The Balaban J connectivity index is 2.64. The fraction of sp³-hybridized carbons (Fsp3) is 0.889. The number of esters is 1. The van der Waals surface area contributed by atoms with E-state index in [4.69, 9.17) is 0 Å². The van der Waals surface area contributed by atoms with Crippen LogP contribution in [0.25, 0.3) is 0 Å². The highest BCUT2D eigenvalue weighted by Gasteiger charge is 2.65. The minimum absolute atomic E-state index is 0.229. The first-order chi connectivity index (χ1) is 8.54. The molecule has 1 aliphatic carbocycles. The molecule has 0 unspecified atom stereocenters. The van der Waals surface area contributed by atoms with Crippen LogP contribution in [0.5, 0.6) is 0 Å². The zero-order chi connectivity index (χ0) is 14.9. The van der Waals surface area contributed by atoms with Crippen LogP contribution in [-0.2, 0) is 19.7 Å². The van der Waals surface area contributed by atoms with E-state index in [9.17, 15) is 26.4 Å². The summed E-state index contributed by atoms with van der Waals surface area (Å²) in [7, 11) is -2.06. The van der Waals surface area contributed by atoms with E-state index in [0.717, 1.165) is 14.2 Å². The summed E-state index contributed by atoms with van der Waals surface area (Å²) in [6.45, 7) is -0.254. The Labute approximate surface area is 109 Å². The molecule has 0 amide bonds. The molecule has 1 fully saturated rings. The lowest BCUT2D eigenvalue weighted by Gasteiger charge is -2.24. The van der Waals surface area contributed by atoms with Crippen molar-refractivity contribution in [3.8, 4) is 0 Å². The Morgan fingerprint density at radius 1 is 1.42 bits per heavy atom. The van der Waals surface area contributed by atoms with Crippen LogP contribution in [0.4, 0.5) is 13.2 Å². The molecule has 0 aliphatic heterocycles. The van der Waals surface area contributed by atoms with Gasteiger partial charge in [0.25, 0.3) is 10.2 Å². The molecule has 0 heterocycles. The quantitative estimate of drug-likeness (QED) is 0.721. The molecule has 112 valence electrons. The molecule has 0 spiro atoms. The number of nitrogens with zero attached hydrogens (tertiary/aromatic N) is 1. The molecule has 10 heteroatoms. The highest BCUT2D eigenvalue weighted by atomic mass is 32.2. The lowest BCUT2D eigenvalue weighted by molar-refractivity contribution is -0.161. The molecule has 0 bridgehead atoms. The normalized spacial score (nSPS) is 18.4. The number of alkyl halides is 3. The van der Waals surface area contributed by atoms with Crippen LogP contribution in [0.1, 0.15) is 19.3 Å². The van der Waals surface area contributed by atoms with Crippen molar-refractivity contribution in [1.82, 2.24) is 9.03 Å². The van der Waals surface area contributed by atoms with E-state index >= 15 is 0 Å². The van der Waals surface area contributed by atoms with Crippen LogP contribution in [0, 0.1) is 0 Å². The van der Waals surface area contributed by atoms with Crippen LogP contribution in [0.15, 0.2) is 0 Å². The third kappa shape index (κ3) is 3.80. The van der Waals surface area contributed by atoms with E-state index in [2.05, 4.69) is 4.74 Å². The van der Waals surface area contributed by atoms with Crippen LogP contribution in [0.3, 0.4) is 0 Å². The van der Waals surface area contributed by atoms with Gasteiger partial charge in [-0.1, -0.05) is 0 Å². The molecule has 0 atom stereocenters. The third-order valence-corrected chi connectivity index (χ3v) is 4.54. The molecule has 0 radical (unpaired) electrons. The maximum atomic E-state index is 12.6. The second-order valence-electron chi connectivity index (χ2n) is 4.33. The van der Waals surface area contributed by atoms with Crippen molar-refractivity contribution in [3.63, 3.8) is 0 Å². The summed E-state index contributed by atoms with van der Waals surface area (Å²) in [6, 6.07) is 0. The molecule has 0 aromatic rings. The number of carbonyl (C=O) groups excluding carboxylic acids is 1. The number of hydrogen-bond acceptors (Lipinski definition) is 4. The molecule has 1 rings (SSSR count). The second kappa shape index (κ2) is 5.25. The lowest BCUT2D eigenvalue weighted by Crippen LogP contribution is -2.52. The van der Waals surface area contributed by atoms with Gasteiger partial charge < -0.3 is 4.74 Å². The van der Waals surface area contributed by atoms with Gasteiger partial charge in [-0.05, 0) is 12.8 Å². The minimum Gasteiger partial charge on any atom is -0.469 e. The van der Waals surface area contributed by atoms with E-state index < -0.39 is 27.9 Å². The van der Waals surface area contributed by atoms with Gasteiger partial charge in [0.2, 0.25) is 0 Å². The predicted octanol–water partition coefficient (Wildman–Crippen LogP) is 0.411. The molecule has 1 N–H and O–H groups in total.